The molecule has 0 aliphatic heterocycles. The van der Waals surface area contributed by atoms with Crippen LogP contribution in [0.25, 0.3) is 0 Å². The highest BCUT2D eigenvalue weighted by atomic mass is 79.9. The summed E-state index contributed by atoms with van der Waals surface area (Å²) in [5, 5.41) is 3.34. The Labute approximate surface area is 122 Å². The van der Waals surface area contributed by atoms with Crippen molar-refractivity contribution < 1.29 is 4.39 Å². The highest BCUT2D eigenvalue weighted by Gasteiger charge is 2.17. The Morgan fingerprint density at radius 1 is 1.33 bits per heavy atom. The summed E-state index contributed by atoms with van der Waals surface area (Å²) in [6, 6.07) is 3.64. The molecule has 0 aromatic heterocycles. The molecule has 0 saturated heterocycles. The van der Waals surface area contributed by atoms with Crippen LogP contribution in [0.5, 0.6) is 0 Å². The Kier molecular flexibility index (Phi) is 7.20. The van der Waals surface area contributed by atoms with E-state index in [-0.39, 0.29) is 16.9 Å². The lowest BCUT2D eigenvalue weighted by Crippen LogP contribution is -2.17. The van der Waals surface area contributed by atoms with Crippen LogP contribution in [-0.2, 0) is 0 Å². The number of nitrogens with one attached hydrogen (secondary N) is 1. The third-order valence-electron chi connectivity index (χ3n) is 3.14. The van der Waals surface area contributed by atoms with Gasteiger partial charge in [-0.3, -0.25) is 0 Å². The van der Waals surface area contributed by atoms with Gasteiger partial charge in [-0.2, -0.15) is 0 Å². The second-order valence-corrected chi connectivity index (χ2v) is 5.69. The van der Waals surface area contributed by atoms with E-state index >= 15 is 0 Å². The van der Waals surface area contributed by atoms with Crippen LogP contribution in [0.1, 0.15) is 50.6 Å². The summed E-state index contributed by atoms with van der Waals surface area (Å²) in [5.74, 6) is -0.319. The van der Waals surface area contributed by atoms with Crippen molar-refractivity contribution in [1.82, 2.24) is 5.32 Å². The van der Waals surface area contributed by atoms with Crippen molar-refractivity contribution in [2.24, 2.45) is 0 Å². The minimum absolute atomic E-state index is 0.0347. The second kappa shape index (κ2) is 8.13. The largest absolute Gasteiger partial charge is 0.313 e. The van der Waals surface area contributed by atoms with Crippen LogP contribution in [0.15, 0.2) is 16.6 Å². The first-order valence-corrected chi connectivity index (χ1v) is 7.59. The van der Waals surface area contributed by atoms with Gasteiger partial charge in [0, 0.05) is 16.1 Å². The Bertz CT molecular complexity index is 384. The van der Waals surface area contributed by atoms with E-state index < -0.39 is 0 Å². The van der Waals surface area contributed by atoms with Crippen LogP contribution >= 0.6 is 27.5 Å². The molecule has 18 heavy (non-hydrogen) atoms. The fraction of sp³-hybridized carbons (Fsp3) is 0.571. The zero-order valence-corrected chi connectivity index (χ0v) is 13.2. The van der Waals surface area contributed by atoms with Gasteiger partial charge < -0.3 is 5.32 Å². The van der Waals surface area contributed by atoms with Crippen LogP contribution in [0.2, 0.25) is 5.02 Å². The fourth-order valence-electron chi connectivity index (χ4n) is 2.04. The van der Waals surface area contributed by atoms with E-state index in [2.05, 4.69) is 28.2 Å². The number of rotatable bonds is 7. The van der Waals surface area contributed by atoms with E-state index in [0.29, 0.717) is 10.0 Å². The van der Waals surface area contributed by atoms with Gasteiger partial charge in [-0.05, 0) is 35.5 Å². The van der Waals surface area contributed by atoms with Crippen molar-refractivity contribution in [2.75, 3.05) is 7.05 Å². The Hall–Kier alpha value is -0.120. The highest BCUT2D eigenvalue weighted by Crippen LogP contribution is 2.32. The minimum Gasteiger partial charge on any atom is -0.313 e. The van der Waals surface area contributed by atoms with Gasteiger partial charge >= 0.3 is 0 Å². The molecule has 1 unspecified atom stereocenters. The summed E-state index contributed by atoms with van der Waals surface area (Å²) < 4.78 is 14.7. The molecule has 1 N–H and O–H groups in total. The molecule has 0 bridgehead atoms. The molecule has 0 amide bonds. The third kappa shape index (κ3) is 4.22. The maximum Gasteiger partial charge on any atom is 0.147 e. The Morgan fingerprint density at radius 2 is 2.06 bits per heavy atom. The Morgan fingerprint density at radius 3 is 2.67 bits per heavy atom. The maximum absolute atomic E-state index is 14.1. The van der Waals surface area contributed by atoms with Gasteiger partial charge in [-0.25, -0.2) is 4.39 Å². The number of halogens is 3. The van der Waals surface area contributed by atoms with Crippen LogP contribution in [0.4, 0.5) is 4.39 Å². The van der Waals surface area contributed by atoms with Gasteiger partial charge in [0.05, 0.1) is 5.02 Å². The van der Waals surface area contributed by atoms with Gasteiger partial charge in [0.1, 0.15) is 5.82 Å². The van der Waals surface area contributed by atoms with Gasteiger partial charge in [0.2, 0.25) is 0 Å². The molecule has 1 aromatic carbocycles. The standard InChI is InChI=1S/C14H20BrClFN/c1-3-4-5-6-7-12(18-2)10-8-9-11(15)13(16)14(10)17/h8-9,12,18H,3-7H2,1-2H3. The van der Waals surface area contributed by atoms with Gasteiger partial charge in [-0.1, -0.05) is 50.3 Å². The highest BCUT2D eigenvalue weighted by molar-refractivity contribution is 9.10. The first-order chi connectivity index (χ1) is 8.61. The number of unbranched alkanes of at least 4 members (excludes halogenated alkanes) is 3. The average Bonchev–Trinajstić information content (AvgIpc) is 2.38. The normalized spacial score (nSPS) is 12.7. The number of hydrogen-bond donors (Lipinski definition) is 1. The van der Waals surface area contributed by atoms with Crippen LogP contribution in [0, 0.1) is 5.82 Å². The molecule has 0 heterocycles. The smallest absolute Gasteiger partial charge is 0.147 e. The molecule has 1 aromatic rings. The molecular formula is C14H20BrClFN. The van der Waals surface area contributed by atoms with Crippen molar-refractivity contribution in [3.8, 4) is 0 Å². The molecule has 1 atom stereocenters. The predicted molar refractivity (Wildman–Crippen MR) is 79.7 cm³/mol. The quantitative estimate of drug-likeness (QED) is 0.514. The average molecular weight is 337 g/mol. The van der Waals surface area contributed by atoms with Crippen molar-refractivity contribution in [2.45, 2.75) is 45.1 Å². The molecular weight excluding hydrogens is 317 g/mol. The van der Waals surface area contributed by atoms with E-state index in [1.807, 2.05) is 7.05 Å². The van der Waals surface area contributed by atoms with E-state index in [4.69, 9.17) is 11.6 Å². The van der Waals surface area contributed by atoms with E-state index in [1.54, 1.807) is 12.1 Å². The van der Waals surface area contributed by atoms with Crippen molar-refractivity contribution in [1.29, 1.82) is 0 Å². The lowest BCUT2D eigenvalue weighted by atomic mass is 9.99. The van der Waals surface area contributed by atoms with E-state index in [9.17, 15) is 4.39 Å². The summed E-state index contributed by atoms with van der Waals surface area (Å²) in [4.78, 5) is 0. The van der Waals surface area contributed by atoms with Crippen molar-refractivity contribution in [3.05, 3.63) is 33.0 Å². The van der Waals surface area contributed by atoms with Gasteiger partial charge in [0.15, 0.2) is 0 Å². The van der Waals surface area contributed by atoms with Crippen molar-refractivity contribution in [3.63, 3.8) is 0 Å². The molecule has 0 aliphatic carbocycles. The van der Waals surface area contributed by atoms with Crippen molar-refractivity contribution >= 4 is 27.5 Å². The first kappa shape index (κ1) is 15.9. The number of benzene rings is 1. The molecule has 0 spiro atoms. The molecule has 0 saturated carbocycles. The van der Waals surface area contributed by atoms with Crippen LogP contribution < -0.4 is 5.32 Å². The molecule has 4 heteroatoms. The van der Waals surface area contributed by atoms with Gasteiger partial charge in [-0.15, -0.1) is 0 Å². The molecule has 1 rings (SSSR count). The summed E-state index contributed by atoms with van der Waals surface area (Å²) in [6.07, 6.45) is 5.68. The van der Waals surface area contributed by atoms with E-state index in [0.717, 1.165) is 12.8 Å². The monoisotopic (exact) mass is 335 g/mol. The zero-order chi connectivity index (χ0) is 13.5. The fourth-order valence-corrected chi connectivity index (χ4v) is 2.52. The van der Waals surface area contributed by atoms with Gasteiger partial charge in [0.25, 0.3) is 0 Å². The minimum atomic E-state index is -0.319. The third-order valence-corrected chi connectivity index (χ3v) is 4.39. The predicted octanol–water partition coefficient (Wildman–Crippen LogP) is 5.47. The topological polar surface area (TPSA) is 12.0 Å². The SMILES string of the molecule is CCCCCCC(NC)c1ccc(Br)c(Cl)c1F. The molecule has 0 fully saturated rings. The van der Waals surface area contributed by atoms with Crippen LogP contribution in [0.3, 0.4) is 0 Å². The lowest BCUT2D eigenvalue weighted by Gasteiger charge is -2.18. The zero-order valence-electron chi connectivity index (χ0n) is 10.9. The lowest BCUT2D eigenvalue weighted by molar-refractivity contribution is 0.480. The van der Waals surface area contributed by atoms with Crippen LogP contribution in [-0.4, -0.2) is 7.05 Å². The first-order valence-electron chi connectivity index (χ1n) is 6.42. The van der Waals surface area contributed by atoms with E-state index in [1.165, 1.54) is 19.3 Å². The summed E-state index contributed by atoms with van der Waals surface area (Å²) in [7, 11) is 1.86. The molecule has 0 radical (unpaired) electrons. The number of hydrogen-bond acceptors (Lipinski definition) is 1. The summed E-state index contributed by atoms with van der Waals surface area (Å²) in [5.41, 5.74) is 0.655. The summed E-state index contributed by atoms with van der Waals surface area (Å²) in [6.45, 7) is 2.18. The maximum atomic E-state index is 14.1. The second-order valence-electron chi connectivity index (χ2n) is 4.46. The molecule has 1 nitrogen and oxygen atoms in total. The summed E-state index contributed by atoms with van der Waals surface area (Å²) >= 11 is 9.15. The molecule has 102 valence electrons. The molecule has 0 aliphatic rings. The Balaban J connectivity index is 2.73.